The first-order chi connectivity index (χ1) is 11.8. The highest BCUT2D eigenvalue weighted by Gasteiger charge is 2.29. The Labute approximate surface area is 157 Å². The Morgan fingerprint density at radius 1 is 1.40 bits per heavy atom. The lowest BCUT2D eigenvalue weighted by Gasteiger charge is -2.29. The highest BCUT2D eigenvalue weighted by atomic mass is 35.5. The van der Waals surface area contributed by atoms with Crippen molar-refractivity contribution in [2.24, 2.45) is 11.3 Å². The van der Waals surface area contributed by atoms with Crippen LogP contribution in [-0.2, 0) is 19.4 Å². The number of amides is 1. The van der Waals surface area contributed by atoms with Crippen molar-refractivity contribution in [3.8, 4) is 0 Å². The van der Waals surface area contributed by atoms with Gasteiger partial charge < -0.3 is 5.32 Å². The zero-order valence-corrected chi connectivity index (χ0v) is 16.4. The average molecular weight is 378 g/mol. The van der Waals surface area contributed by atoms with E-state index >= 15 is 0 Å². The SMILES string of the molecule is Cc1c(NC(=O)c2ccc(Cl)cc2CNN)sc2c1CC(C)(C)CC2. The van der Waals surface area contributed by atoms with Gasteiger partial charge in [0.15, 0.2) is 0 Å². The second kappa shape index (κ2) is 7.08. The van der Waals surface area contributed by atoms with Gasteiger partial charge in [0.2, 0.25) is 0 Å². The van der Waals surface area contributed by atoms with Crippen molar-refractivity contribution in [3.63, 3.8) is 0 Å². The maximum Gasteiger partial charge on any atom is 0.256 e. The molecule has 3 rings (SSSR count). The summed E-state index contributed by atoms with van der Waals surface area (Å²) in [7, 11) is 0. The number of aryl methyl sites for hydroxylation is 1. The van der Waals surface area contributed by atoms with Gasteiger partial charge >= 0.3 is 0 Å². The number of rotatable bonds is 4. The monoisotopic (exact) mass is 377 g/mol. The second-order valence-corrected chi connectivity index (χ2v) is 8.98. The van der Waals surface area contributed by atoms with Gasteiger partial charge in [0.25, 0.3) is 5.91 Å². The van der Waals surface area contributed by atoms with Gasteiger partial charge in [0.1, 0.15) is 0 Å². The van der Waals surface area contributed by atoms with Crippen LogP contribution in [0.2, 0.25) is 5.02 Å². The van der Waals surface area contributed by atoms with Gasteiger partial charge in [-0.3, -0.25) is 16.1 Å². The molecule has 0 saturated carbocycles. The molecule has 0 unspecified atom stereocenters. The summed E-state index contributed by atoms with van der Waals surface area (Å²) in [5.41, 5.74) is 6.92. The minimum absolute atomic E-state index is 0.122. The van der Waals surface area contributed by atoms with Crippen LogP contribution in [0.3, 0.4) is 0 Å². The Kier molecular flexibility index (Phi) is 5.21. The van der Waals surface area contributed by atoms with Crippen LogP contribution in [0.5, 0.6) is 0 Å². The lowest BCUT2D eigenvalue weighted by Crippen LogP contribution is -2.23. The number of anilines is 1. The number of nitrogens with two attached hydrogens (primary N) is 1. The second-order valence-electron chi connectivity index (χ2n) is 7.44. The van der Waals surface area contributed by atoms with Crippen LogP contribution < -0.4 is 16.6 Å². The summed E-state index contributed by atoms with van der Waals surface area (Å²) < 4.78 is 0. The van der Waals surface area contributed by atoms with Crippen molar-refractivity contribution in [3.05, 3.63) is 50.4 Å². The molecule has 0 atom stereocenters. The predicted octanol–water partition coefficient (Wildman–Crippen LogP) is 4.44. The van der Waals surface area contributed by atoms with Crippen LogP contribution in [0.15, 0.2) is 18.2 Å². The van der Waals surface area contributed by atoms with E-state index in [1.807, 2.05) is 0 Å². The summed E-state index contributed by atoms with van der Waals surface area (Å²) in [5, 5.41) is 4.64. The maximum atomic E-state index is 12.8. The summed E-state index contributed by atoms with van der Waals surface area (Å²) in [6.07, 6.45) is 3.35. The summed E-state index contributed by atoms with van der Waals surface area (Å²) in [4.78, 5) is 14.2. The van der Waals surface area contributed by atoms with E-state index in [0.717, 1.165) is 23.4 Å². The van der Waals surface area contributed by atoms with Crippen molar-refractivity contribution in [1.82, 2.24) is 5.43 Å². The lowest BCUT2D eigenvalue weighted by atomic mass is 9.76. The molecule has 1 aliphatic rings. The molecule has 0 aliphatic heterocycles. The molecule has 1 aliphatic carbocycles. The van der Waals surface area contributed by atoms with Gasteiger partial charge in [-0.1, -0.05) is 25.4 Å². The van der Waals surface area contributed by atoms with Crippen molar-refractivity contribution < 1.29 is 4.79 Å². The van der Waals surface area contributed by atoms with Gasteiger partial charge in [-0.2, -0.15) is 0 Å². The van der Waals surface area contributed by atoms with E-state index in [9.17, 15) is 4.79 Å². The van der Waals surface area contributed by atoms with Crippen LogP contribution in [0.25, 0.3) is 0 Å². The largest absolute Gasteiger partial charge is 0.313 e. The highest BCUT2D eigenvalue weighted by molar-refractivity contribution is 7.16. The molecule has 1 amide bonds. The van der Waals surface area contributed by atoms with Crippen molar-refractivity contribution in [1.29, 1.82) is 0 Å². The Hall–Kier alpha value is -1.40. The summed E-state index contributed by atoms with van der Waals surface area (Å²) >= 11 is 7.75. The van der Waals surface area contributed by atoms with Gasteiger partial charge in [0, 0.05) is 22.0 Å². The number of benzene rings is 1. The van der Waals surface area contributed by atoms with Crippen molar-refractivity contribution >= 4 is 33.8 Å². The topological polar surface area (TPSA) is 67.2 Å². The van der Waals surface area contributed by atoms with E-state index in [0.29, 0.717) is 22.5 Å². The number of hydrogen-bond acceptors (Lipinski definition) is 4. The smallest absolute Gasteiger partial charge is 0.256 e. The molecule has 4 N–H and O–H groups in total. The third-order valence-electron chi connectivity index (χ3n) is 4.87. The maximum absolute atomic E-state index is 12.8. The zero-order valence-electron chi connectivity index (χ0n) is 14.8. The van der Waals surface area contributed by atoms with E-state index in [1.54, 1.807) is 29.5 Å². The number of nitrogens with one attached hydrogen (secondary N) is 2. The molecule has 0 bridgehead atoms. The third kappa shape index (κ3) is 3.90. The van der Waals surface area contributed by atoms with Crippen LogP contribution in [0.1, 0.15) is 52.2 Å². The predicted molar refractivity (Wildman–Crippen MR) is 105 cm³/mol. The van der Waals surface area contributed by atoms with E-state index in [4.69, 9.17) is 17.4 Å². The number of halogens is 1. The van der Waals surface area contributed by atoms with E-state index in [1.165, 1.54) is 22.4 Å². The molecule has 134 valence electrons. The first kappa shape index (κ1) is 18.4. The standard InChI is InChI=1S/C19H24ClN3OS/c1-11-15-9-19(2,3)7-6-16(15)25-18(11)23-17(24)14-5-4-13(20)8-12(14)10-22-21/h4-5,8,22H,6-7,9-10,21H2,1-3H3,(H,23,24). The number of thiophene rings is 1. The molecule has 1 aromatic heterocycles. The minimum Gasteiger partial charge on any atom is -0.313 e. The third-order valence-corrected chi connectivity index (χ3v) is 6.42. The Morgan fingerprint density at radius 2 is 2.16 bits per heavy atom. The van der Waals surface area contributed by atoms with Gasteiger partial charge in [-0.25, -0.2) is 0 Å². The van der Waals surface area contributed by atoms with Crippen LogP contribution in [0, 0.1) is 12.3 Å². The molecule has 1 aromatic carbocycles. The number of carbonyl (C=O) groups is 1. The van der Waals surface area contributed by atoms with E-state index < -0.39 is 0 Å². The summed E-state index contributed by atoms with van der Waals surface area (Å²) in [5.74, 6) is 5.30. The average Bonchev–Trinajstić information content (AvgIpc) is 2.83. The molecule has 1 heterocycles. The molecule has 6 heteroatoms. The Balaban J connectivity index is 1.87. The molecule has 0 saturated heterocycles. The van der Waals surface area contributed by atoms with Crippen molar-refractivity contribution in [2.45, 2.75) is 46.6 Å². The molecule has 4 nitrogen and oxygen atoms in total. The molecule has 0 spiro atoms. The fraction of sp³-hybridized carbons (Fsp3) is 0.421. The van der Waals surface area contributed by atoms with Crippen LogP contribution >= 0.6 is 22.9 Å². The number of fused-ring (bicyclic) bond motifs is 1. The quantitative estimate of drug-likeness (QED) is 0.545. The Morgan fingerprint density at radius 3 is 2.88 bits per heavy atom. The van der Waals surface area contributed by atoms with Crippen LogP contribution in [-0.4, -0.2) is 5.91 Å². The summed E-state index contributed by atoms with van der Waals surface area (Å²) in [6, 6.07) is 5.24. The Bertz CT molecular complexity index is 813. The molecule has 0 radical (unpaired) electrons. The molecule has 0 fully saturated rings. The van der Waals surface area contributed by atoms with Crippen molar-refractivity contribution in [2.75, 3.05) is 5.32 Å². The molecule has 2 aromatic rings. The zero-order chi connectivity index (χ0) is 18.2. The van der Waals surface area contributed by atoms with Crippen LogP contribution in [0.4, 0.5) is 5.00 Å². The van der Waals surface area contributed by atoms with Gasteiger partial charge in [-0.15, -0.1) is 11.3 Å². The first-order valence-corrected chi connectivity index (χ1v) is 9.64. The minimum atomic E-state index is -0.122. The highest BCUT2D eigenvalue weighted by Crippen LogP contribution is 2.43. The summed E-state index contributed by atoms with van der Waals surface area (Å²) in [6.45, 7) is 7.12. The van der Waals surface area contributed by atoms with Gasteiger partial charge in [-0.05, 0) is 66.5 Å². The number of hydrogen-bond donors (Lipinski definition) is 3. The molecular formula is C19H24ClN3OS. The number of hydrazine groups is 1. The normalized spacial score (nSPS) is 15.7. The fourth-order valence-electron chi connectivity index (χ4n) is 3.39. The number of carbonyl (C=O) groups excluding carboxylic acids is 1. The van der Waals surface area contributed by atoms with E-state index in [2.05, 4.69) is 31.5 Å². The fourth-order valence-corrected chi connectivity index (χ4v) is 4.80. The molecular weight excluding hydrogens is 354 g/mol. The van der Waals surface area contributed by atoms with Gasteiger partial charge in [0.05, 0.1) is 5.00 Å². The van der Waals surface area contributed by atoms with E-state index in [-0.39, 0.29) is 5.91 Å². The lowest BCUT2D eigenvalue weighted by molar-refractivity contribution is 0.102. The first-order valence-electron chi connectivity index (χ1n) is 8.45. The molecule has 25 heavy (non-hydrogen) atoms.